The predicted octanol–water partition coefficient (Wildman–Crippen LogP) is 2.59. The van der Waals surface area contributed by atoms with E-state index in [-0.39, 0.29) is 17.8 Å². The summed E-state index contributed by atoms with van der Waals surface area (Å²) in [5.41, 5.74) is 1.46. The van der Waals surface area contributed by atoms with Gasteiger partial charge in [0.2, 0.25) is 5.91 Å². The van der Waals surface area contributed by atoms with Gasteiger partial charge < -0.3 is 14.8 Å². The minimum atomic E-state index is -0.369. The number of hydrogen-bond donors (Lipinski definition) is 1. The molecule has 1 aliphatic rings. The van der Waals surface area contributed by atoms with Crippen LogP contribution in [0.25, 0.3) is 0 Å². The Hall–Kier alpha value is -1.40. The van der Waals surface area contributed by atoms with E-state index >= 15 is 0 Å². The smallest absolute Gasteiger partial charge is 0.341 e. The maximum Gasteiger partial charge on any atom is 0.341 e. The van der Waals surface area contributed by atoms with E-state index in [9.17, 15) is 9.59 Å². The minimum absolute atomic E-state index is 0.102. The lowest BCUT2D eigenvalue weighted by atomic mass is 10.1. The SMILES string of the molecule is CCOC(=O)c1c(NC(=O)C(C)C)sc2c1CCOC2. The van der Waals surface area contributed by atoms with Gasteiger partial charge in [0, 0.05) is 10.8 Å². The van der Waals surface area contributed by atoms with E-state index in [2.05, 4.69) is 5.32 Å². The molecule has 20 heavy (non-hydrogen) atoms. The fourth-order valence-electron chi connectivity index (χ4n) is 2.00. The van der Waals surface area contributed by atoms with Crippen molar-refractivity contribution in [1.82, 2.24) is 0 Å². The highest BCUT2D eigenvalue weighted by molar-refractivity contribution is 7.17. The molecule has 1 aliphatic heterocycles. The van der Waals surface area contributed by atoms with Crippen molar-refractivity contribution in [2.24, 2.45) is 5.92 Å². The van der Waals surface area contributed by atoms with Gasteiger partial charge in [0.05, 0.1) is 25.4 Å². The van der Waals surface area contributed by atoms with Gasteiger partial charge >= 0.3 is 5.97 Å². The van der Waals surface area contributed by atoms with Gasteiger partial charge in [0.1, 0.15) is 5.00 Å². The van der Waals surface area contributed by atoms with E-state index < -0.39 is 0 Å². The maximum absolute atomic E-state index is 12.1. The van der Waals surface area contributed by atoms with E-state index in [4.69, 9.17) is 9.47 Å². The van der Waals surface area contributed by atoms with Gasteiger partial charge in [-0.1, -0.05) is 13.8 Å². The zero-order chi connectivity index (χ0) is 14.7. The summed E-state index contributed by atoms with van der Waals surface area (Å²) in [5, 5.41) is 3.41. The lowest BCUT2D eigenvalue weighted by molar-refractivity contribution is -0.118. The second kappa shape index (κ2) is 6.37. The summed E-state index contributed by atoms with van der Waals surface area (Å²) in [4.78, 5) is 25.0. The Morgan fingerprint density at radius 2 is 2.20 bits per heavy atom. The Morgan fingerprint density at radius 3 is 2.85 bits per heavy atom. The zero-order valence-corrected chi connectivity index (χ0v) is 12.8. The second-order valence-electron chi connectivity index (χ2n) is 4.87. The van der Waals surface area contributed by atoms with Crippen LogP contribution in [0.5, 0.6) is 0 Å². The van der Waals surface area contributed by atoms with Crippen molar-refractivity contribution < 1.29 is 19.1 Å². The maximum atomic E-state index is 12.1. The van der Waals surface area contributed by atoms with Crippen LogP contribution in [0.2, 0.25) is 0 Å². The van der Waals surface area contributed by atoms with Gasteiger partial charge in [0.25, 0.3) is 0 Å². The van der Waals surface area contributed by atoms with Gasteiger partial charge in [-0.05, 0) is 18.9 Å². The lowest BCUT2D eigenvalue weighted by Gasteiger charge is -2.13. The first-order valence-electron chi connectivity index (χ1n) is 6.74. The number of hydrogen-bond acceptors (Lipinski definition) is 5. The van der Waals surface area contributed by atoms with Crippen molar-refractivity contribution in [2.45, 2.75) is 33.8 Å². The first-order chi connectivity index (χ1) is 9.54. The van der Waals surface area contributed by atoms with Crippen LogP contribution < -0.4 is 5.32 Å². The Morgan fingerprint density at radius 1 is 1.45 bits per heavy atom. The molecule has 0 fully saturated rings. The highest BCUT2D eigenvalue weighted by atomic mass is 32.1. The third-order valence-electron chi connectivity index (χ3n) is 3.06. The standard InChI is InChI=1S/C14H19NO4S/c1-4-19-14(17)11-9-5-6-18-7-10(9)20-13(11)15-12(16)8(2)3/h8H,4-7H2,1-3H3,(H,15,16). The molecule has 0 aliphatic carbocycles. The first kappa shape index (κ1) is 15.0. The molecule has 0 spiro atoms. The Bertz CT molecular complexity index is 521. The summed E-state index contributed by atoms with van der Waals surface area (Å²) in [6.07, 6.45) is 0.678. The molecule has 1 N–H and O–H groups in total. The number of amides is 1. The molecule has 1 amide bonds. The predicted molar refractivity (Wildman–Crippen MR) is 77.1 cm³/mol. The van der Waals surface area contributed by atoms with Gasteiger partial charge in [-0.3, -0.25) is 4.79 Å². The van der Waals surface area contributed by atoms with Crippen molar-refractivity contribution in [3.63, 3.8) is 0 Å². The van der Waals surface area contributed by atoms with Crippen molar-refractivity contribution in [3.05, 3.63) is 16.0 Å². The molecule has 0 atom stereocenters. The molecular formula is C14H19NO4S. The number of carbonyl (C=O) groups excluding carboxylic acids is 2. The summed E-state index contributed by atoms with van der Waals surface area (Å²) in [6.45, 7) is 6.80. The highest BCUT2D eigenvalue weighted by Crippen LogP contribution is 2.37. The van der Waals surface area contributed by atoms with E-state index in [0.29, 0.717) is 36.8 Å². The van der Waals surface area contributed by atoms with Crippen molar-refractivity contribution in [3.8, 4) is 0 Å². The first-order valence-corrected chi connectivity index (χ1v) is 7.56. The molecule has 0 radical (unpaired) electrons. The number of esters is 1. The minimum Gasteiger partial charge on any atom is -0.462 e. The molecule has 2 heterocycles. The molecule has 2 rings (SSSR count). The van der Waals surface area contributed by atoms with E-state index in [1.54, 1.807) is 6.92 Å². The Labute approximate surface area is 122 Å². The van der Waals surface area contributed by atoms with Crippen molar-refractivity contribution in [1.29, 1.82) is 0 Å². The number of fused-ring (bicyclic) bond motifs is 1. The van der Waals surface area contributed by atoms with Crippen LogP contribution in [-0.4, -0.2) is 25.1 Å². The van der Waals surface area contributed by atoms with Crippen LogP contribution >= 0.6 is 11.3 Å². The molecule has 1 aromatic rings. The summed E-state index contributed by atoms with van der Waals surface area (Å²) in [7, 11) is 0. The van der Waals surface area contributed by atoms with Crippen LogP contribution in [-0.2, 0) is 27.3 Å². The molecule has 0 saturated heterocycles. The molecular weight excluding hydrogens is 278 g/mol. The van der Waals surface area contributed by atoms with E-state index in [1.165, 1.54) is 11.3 Å². The average molecular weight is 297 g/mol. The number of rotatable bonds is 4. The van der Waals surface area contributed by atoms with E-state index in [0.717, 1.165) is 10.4 Å². The molecule has 5 nitrogen and oxygen atoms in total. The fourth-order valence-corrected chi connectivity index (χ4v) is 3.17. The molecule has 0 bridgehead atoms. The number of ether oxygens (including phenoxy) is 2. The highest BCUT2D eigenvalue weighted by Gasteiger charge is 2.27. The van der Waals surface area contributed by atoms with E-state index in [1.807, 2.05) is 13.8 Å². The van der Waals surface area contributed by atoms with Gasteiger partial charge in [-0.2, -0.15) is 0 Å². The van der Waals surface area contributed by atoms with Crippen molar-refractivity contribution >= 4 is 28.2 Å². The summed E-state index contributed by atoms with van der Waals surface area (Å²) < 4.78 is 10.5. The van der Waals surface area contributed by atoms with Gasteiger partial charge in [-0.15, -0.1) is 11.3 Å². The van der Waals surface area contributed by atoms with Crippen LogP contribution in [0.15, 0.2) is 0 Å². The number of nitrogens with one attached hydrogen (secondary N) is 1. The summed E-state index contributed by atoms with van der Waals surface area (Å²) in [6, 6.07) is 0. The number of thiophene rings is 1. The van der Waals surface area contributed by atoms with Crippen LogP contribution in [0.4, 0.5) is 5.00 Å². The molecule has 110 valence electrons. The fraction of sp³-hybridized carbons (Fsp3) is 0.571. The lowest BCUT2D eigenvalue weighted by Crippen LogP contribution is -2.19. The zero-order valence-electron chi connectivity index (χ0n) is 11.9. The van der Waals surface area contributed by atoms with Crippen LogP contribution in [0, 0.1) is 5.92 Å². The summed E-state index contributed by atoms with van der Waals surface area (Å²) >= 11 is 1.40. The monoisotopic (exact) mass is 297 g/mol. The average Bonchev–Trinajstić information content (AvgIpc) is 2.76. The molecule has 6 heteroatoms. The van der Waals surface area contributed by atoms with Crippen LogP contribution in [0.3, 0.4) is 0 Å². The third-order valence-corrected chi connectivity index (χ3v) is 4.18. The van der Waals surface area contributed by atoms with Crippen LogP contribution in [0.1, 0.15) is 41.6 Å². The number of carbonyl (C=O) groups is 2. The normalized spacial score (nSPS) is 14.0. The van der Waals surface area contributed by atoms with Crippen molar-refractivity contribution in [2.75, 3.05) is 18.5 Å². The van der Waals surface area contributed by atoms with Gasteiger partial charge in [0.15, 0.2) is 0 Å². The topological polar surface area (TPSA) is 64.6 Å². The largest absolute Gasteiger partial charge is 0.462 e. The Kier molecular flexibility index (Phi) is 4.77. The second-order valence-corrected chi connectivity index (χ2v) is 5.98. The molecule has 1 aromatic heterocycles. The summed E-state index contributed by atoms with van der Waals surface area (Å²) in [5.74, 6) is -0.610. The number of anilines is 1. The molecule has 0 unspecified atom stereocenters. The molecule has 0 saturated carbocycles. The molecule has 0 aromatic carbocycles. The quantitative estimate of drug-likeness (QED) is 0.868. The third kappa shape index (κ3) is 3.02. The Balaban J connectivity index is 2.36. The van der Waals surface area contributed by atoms with Gasteiger partial charge in [-0.25, -0.2) is 4.79 Å².